The summed E-state index contributed by atoms with van der Waals surface area (Å²) >= 11 is 0. The maximum Gasteiger partial charge on any atom is 0.172 e. The van der Waals surface area contributed by atoms with E-state index in [0.717, 1.165) is 56.5 Å². The topological polar surface area (TPSA) is 46.3 Å². The van der Waals surface area contributed by atoms with Crippen molar-refractivity contribution < 1.29 is 0 Å². The number of nitrogens with zero attached hydrogens (tertiary/aromatic N) is 2. The normalized spacial score (nSPS) is 20.7. The maximum absolute atomic E-state index is 4.42. The molecule has 5 nitrogen and oxygen atoms in total. The van der Waals surface area contributed by atoms with Crippen molar-refractivity contribution in [2.45, 2.75) is 53.2 Å². The van der Waals surface area contributed by atoms with Crippen molar-refractivity contribution in [3.63, 3.8) is 0 Å². The lowest BCUT2D eigenvalue weighted by molar-refractivity contribution is 0.160. The lowest BCUT2D eigenvalue weighted by atomic mass is 9.44. The first-order valence-corrected chi connectivity index (χ1v) is 17.8. The largest absolute Gasteiger partial charge is 0.362 e. The molecule has 0 bridgehead atoms. The number of hydrogen-bond acceptors (Lipinski definition) is 4. The summed E-state index contributed by atoms with van der Waals surface area (Å²) < 4.78 is 0. The van der Waals surface area contributed by atoms with Gasteiger partial charge in [0.2, 0.25) is 0 Å². The van der Waals surface area contributed by atoms with Crippen LogP contribution in [-0.4, -0.2) is 61.3 Å². The summed E-state index contributed by atoms with van der Waals surface area (Å²) in [6.45, 7) is 24.4. The van der Waals surface area contributed by atoms with Gasteiger partial charge in [-0.25, -0.2) is 0 Å². The van der Waals surface area contributed by atoms with E-state index in [-0.39, 0.29) is 0 Å². The fourth-order valence-electron chi connectivity index (χ4n) is 7.32. The van der Waals surface area contributed by atoms with Crippen LogP contribution in [0.5, 0.6) is 0 Å². The minimum absolute atomic E-state index is 0.545. The lowest BCUT2D eigenvalue weighted by Gasteiger charge is -2.31. The van der Waals surface area contributed by atoms with Crippen molar-refractivity contribution in [3.05, 3.63) is 102 Å². The van der Waals surface area contributed by atoms with E-state index >= 15 is 0 Å². The predicted octanol–water partition coefficient (Wildman–Crippen LogP) is 7.06. The summed E-state index contributed by atoms with van der Waals surface area (Å²) in [7, 11) is 2.19. The average molecular weight is 630 g/mol. The molecule has 2 atom stereocenters. The first-order valence-electron chi connectivity index (χ1n) is 17.8. The molecule has 1 aliphatic heterocycles. The van der Waals surface area contributed by atoms with Crippen molar-refractivity contribution >= 4 is 46.7 Å². The zero-order valence-electron chi connectivity index (χ0n) is 29.5. The van der Waals surface area contributed by atoms with Crippen LogP contribution < -0.4 is 26.7 Å². The third kappa shape index (κ3) is 9.00. The Labute approximate surface area is 283 Å². The molecule has 0 amide bonds. The number of H-pyrrole nitrogens is 1. The molecule has 3 aromatic carbocycles. The molecule has 1 saturated carbocycles. The highest BCUT2D eigenvalue weighted by atomic mass is 15.2. The number of benzene rings is 3. The quantitative estimate of drug-likeness (QED) is 0.165. The number of nitrogens with one attached hydrogen (secondary N) is 3. The van der Waals surface area contributed by atoms with Gasteiger partial charge in [-0.2, -0.15) is 0 Å². The van der Waals surface area contributed by atoms with Crippen molar-refractivity contribution in [2.75, 3.05) is 50.4 Å². The van der Waals surface area contributed by atoms with Crippen LogP contribution in [0.15, 0.2) is 85.6 Å². The van der Waals surface area contributed by atoms with Crippen LogP contribution in [0.2, 0.25) is 13.1 Å². The molecular weight excluding hydrogens is 573 g/mol. The van der Waals surface area contributed by atoms with Gasteiger partial charge in [0.25, 0.3) is 0 Å². The minimum Gasteiger partial charge on any atom is -0.362 e. The fourth-order valence-corrected chi connectivity index (χ4v) is 7.32. The molecule has 47 heavy (non-hydrogen) atoms. The summed E-state index contributed by atoms with van der Waals surface area (Å²) in [4.78, 5) is 8.47. The first kappa shape index (κ1) is 34.6. The highest BCUT2D eigenvalue weighted by molar-refractivity contribution is 6.72. The monoisotopic (exact) mass is 629 g/mol. The molecule has 6 rings (SSSR count). The van der Waals surface area contributed by atoms with Gasteiger partial charge in [0.05, 0.1) is 5.70 Å². The Balaban J connectivity index is 0.000000417. The van der Waals surface area contributed by atoms with Gasteiger partial charge in [0.15, 0.2) is 6.71 Å². The molecule has 3 N–H and O–H groups in total. The summed E-state index contributed by atoms with van der Waals surface area (Å²) in [5, 5.41) is 10.1. The zero-order chi connectivity index (χ0) is 33.3. The van der Waals surface area contributed by atoms with Crippen molar-refractivity contribution in [2.24, 2.45) is 17.8 Å². The van der Waals surface area contributed by atoms with Crippen LogP contribution >= 0.6 is 0 Å². The predicted molar refractivity (Wildman–Crippen MR) is 207 cm³/mol. The molecule has 4 aromatic rings. The Hall–Kier alpha value is -3.74. The number of anilines is 2. The number of hydrogen-bond donors (Lipinski definition) is 3. The smallest absolute Gasteiger partial charge is 0.172 e. The summed E-state index contributed by atoms with van der Waals surface area (Å²) in [6.07, 6.45) is 7.07. The number of rotatable bonds is 10. The van der Waals surface area contributed by atoms with E-state index in [2.05, 4.69) is 134 Å². The number of likely N-dealkylation sites (N-methyl/N-ethyl adjacent to an activating group) is 2. The molecule has 2 aliphatic rings. The third-order valence-corrected chi connectivity index (χ3v) is 10.6. The molecular formula is C41H56BN5. The second kappa shape index (κ2) is 16.4. The van der Waals surface area contributed by atoms with E-state index < -0.39 is 0 Å². The zero-order valence-corrected chi connectivity index (χ0v) is 29.5. The minimum atomic E-state index is 0.545. The van der Waals surface area contributed by atoms with E-state index in [1.165, 1.54) is 69.2 Å². The molecule has 1 saturated heterocycles. The first-order chi connectivity index (χ1) is 22.7. The van der Waals surface area contributed by atoms with Gasteiger partial charge in [-0.15, -0.1) is 0 Å². The van der Waals surface area contributed by atoms with Gasteiger partial charge in [0, 0.05) is 59.0 Å². The van der Waals surface area contributed by atoms with E-state index in [9.17, 15) is 0 Å². The Morgan fingerprint density at radius 2 is 1.60 bits per heavy atom. The molecule has 0 radical (unpaired) electrons. The molecule has 1 aromatic heterocycles. The van der Waals surface area contributed by atoms with Crippen LogP contribution in [-0.2, 0) is 0 Å². The highest BCUT2D eigenvalue weighted by Crippen LogP contribution is 2.38. The van der Waals surface area contributed by atoms with E-state index in [1.54, 1.807) is 6.20 Å². The standard InChI is InChI=1S/C34H40BN3.C7H16N2/c1-6-36-29-13-15-30(16-14-29)38-34(27-10-8-7-9-11-27)33-25(4)37-32-22-28(12-17-31(32)33)35(5)19-18-26-20-23(2)24(3)21-26;1-3-9-6-4-8(2)5-7-9/h6-17,22-24,26,36-38H,1,4,18-21H2,2-3,5H3;3-7H2,1-2H3/b34-33+;. The van der Waals surface area contributed by atoms with Crippen LogP contribution in [0.3, 0.4) is 0 Å². The molecule has 0 spiro atoms. The maximum atomic E-state index is 4.42. The molecule has 2 unspecified atom stereocenters. The molecule has 6 heteroatoms. The number of aromatic nitrogens is 1. The molecule has 248 valence electrons. The van der Waals surface area contributed by atoms with Gasteiger partial charge < -0.3 is 25.4 Å². The van der Waals surface area contributed by atoms with E-state index in [0.29, 0.717) is 6.71 Å². The Kier molecular flexibility index (Phi) is 12.1. The van der Waals surface area contributed by atoms with Gasteiger partial charge in [-0.1, -0.05) is 101 Å². The van der Waals surface area contributed by atoms with Crippen molar-refractivity contribution in [3.8, 4) is 0 Å². The number of fused-ring (bicyclic) bond motifs is 1. The second-order valence-electron chi connectivity index (χ2n) is 14.1. The second-order valence-corrected chi connectivity index (χ2v) is 14.1. The Morgan fingerprint density at radius 3 is 2.23 bits per heavy atom. The van der Waals surface area contributed by atoms with Crippen LogP contribution in [0, 0.1) is 17.8 Å². The Bertz CT molecular complexity index is 1680. The molecule has 2 heterocycles. The summed E-state index contributed by atoms with van der Waals surface area (Å²) in [5.74, 6) is 2.65. The van der Waals surface area contributed by atoms with Gasteiger partial charge in [-0.3, -0.25) is 0 Å². The van der Waals surface area contributed by atoms with Crippen LogP contribution in [0.25, 0.3) is 23.2 Å². The fraction of sp³-hybridized carbons (Fsp3) is 0.415. The molecule has 2 fully saturated rings. The van der Waals surface area contributed by atoms with E-state index in [4.69, 9.17) is 0 Å². The molecule has 1 aliphatic carbocycles. The number of aromatic amines is 1. The van der Waals surface area contributed by atoms with Crippen molar-refractivity contribution in [1.82, 2.24) is 14.8 Å². The SMILES string of the molecule is C=CNc1ccc(N/C(c2ccccc2)=c2\c(=C)[nH]c3cc(B(C)CCC4CC(C)C(C)C4)ccc23)cc1.CCN1CCN(C)CC1. The summed E-state index contributed by atoms with van der Waals surface area (Å²) in [5.41, 5.74) is 6.77. The average Bonchev–Trinajstić information content (AvgIpc) is 3.60. The van der Waals surface area contributed by atoms with Crippen LogP contribution in [0.4, 0.5) is 11.4 Å². The lowest BCUT2D eigenvalue weighted by Crippen LogP contribution is -2.44. The number of piperazine rings is 1. The van der Waals surface area contributed by atoms with Crippen molar-refractivity contribution in [1.29, 1.82) is 0 Å². The summed E-state index contributed by atoms with van der Waals surface area (Å²) in [6, 6.07) is 25.7. The third-order valence-electron chi connectivity index (χ3n) is 10.6. The van der Waals surface area contributed by atoms with Gasteiger partial charge in [0.1, 0.15) is 0 Å². The van der Waals surface area contributed by atoms with E-state index in [1.807, 2.05) is 12.1 Å². The van der Waals surface area contributed by atoms with Crippen LogP contribution in [0.1, 0.15) is 45.6 Å². The van der Waals surface area contributed by atoms with Gasteiger partial charge >= 0.3 is 0 Å². The van der Waals surface area contributed by atoms with Gasteiger partial charge in [-0.05, 0) is 86.3 Å². The Morgan fingerprint density at radius 1 is 0.936 bits per heavy atom. The highest BCUT2D eigenvalue weighted by Gasteiger charge is 2.28.